The zero-order valence-electron chi connectivity index (χ0n) is 11.0. The van der Waals surface area contributed by atoms with Crippen LogP contribution in [-0.2, 0) is 0 Å². The molecule has 21 heavy (non-hydrogen) atoms. The van der Waals surface area contributed by atoms with E-state index in [0.717, 1.165) is 5.56 Å². The van der Waals surface area contributed by atoms with E-state index in [9.17, 15) is 4.79 Å². The van der Waals surface area contributed by atoms with Crippen molar-refractivity contribution in [3.63, 3.8) is 0 Å². The van der Waals surface area contributed by atoms with Gasteiger partial charge in [-0.25, -0.2) is 9.78 Å². The van der Waals surface area contributed by atoms with E-state index in [1.165, 1.54) is 0 Å². The lowest BCUT2D eigenvalue weighted by Gasteiger charge is -1.97. The number of fused-ring (bicyclic) bond motifs is 1. The van der Waals surface area contributed by atoms with E-state index in [2.05, 4.69) is 11.1 Å². The molecule has 0 saturated heterocycles. The number of para-hydroxylation sites is 1. The molecule has 3 aromatic rings. The average molecular weight is 274 g/mol. The number of rotatable bonds is 2. The van der Waals surface area contributed by atoms with Crippen molar-refractivity contribution in [3.05, 3.63) is 76.0 Å². The zero-order valence-corrected chi connectivity index (χ0v) is 11.0. The first kappa shape index (κ1) is 12.8. The lowest BCUT2D eigenvalue weighted by atomic mass is 10.1. The minimum Gasteiger partial charge on any atom is -0.404 e. The van der Waals surface area contributed by atoms with Crippen molar-refractivity contribution in [3.8, 4) is 6.07 Å². The number of nitriles is 1. The maximum Gasteiger partial charge on any atom is 0.347 e. The van der Waals surface area contributed by atoms with Crippen molar-refractivity contribution in [1.82, 2.24) is 4.98 Å². The fourth-order valence-corrected chi connectivity index (χ4v) is 1.94. The molecule has 100 valence electrons. The van der Waals surface area contributed by atoms with Crippen LogP contribution in [-0.4, -0.2) is 4.98 Å². The van der Waals surface area contributed by atoms with E-state index in [0.29, 0.717) is 16.5 Å². The van der Waals surface area contributed by atoms with Gasteiger partial charge in [0.05, 0.1) is 22.5 Å². The molecule has 0 aliphatic rings. The Hall–Kier alpha value is -3.19. The smallest absolute Gasteiger partial charge is 0.347 e. The van der Waals surface area contributed by atoms with Gasteiger partial charge < -0.3 is 4.42 Å². The molecule has 0 atom stereocenters. The summed E-state index contributed by atoms with van der Waals surface area (Å²) < 4.78 is 5.15. The van der Waals surface area contributed by atoms with Gasteiger partial charge in [-0.15, -0.1) is 0 Å². The molecule has 0 radical (unpaired) electrons. The molecule has 0 N–H and O–H groups in total. The largest absolute Gasteiger partial charge is 0.404 e. The van der Waals surface area contributed by atoms with Gasteiger partial charge in [-0.2, -0.15) is 5.26 Å². The van der Waals surface area contributed by atoms with Crippen LogP contribution in [0.25, 0.3) is 23.1 Å². The predicted molar refractivity (Wildman–Crippen MR) is 80.4 cm³/mol. The fourth-order valence-electron chi connectivity index (χ4n) is 1.94. The Morgan fingerprint density at radius 2 is 1.81 bits per heavy atom. The molecule has 0 fully saturated rings. The van der Waals surface area contributed by atoms with Crippen LogP contribution in [0.2, 0.25) is 0 Å². The van der Waals surface area contributed by atoms with Crippen molar-refractivity contribution in [2.45, 2.75) is 0 Å². The molecule has 0 aliphatic carbocycles. The Bertz CT molecular complexity index is 916. The second-order valence-electron chi connectivity index (χ2n) is 4.42. The molecule has 0 amide bonds. The first-order valence-electron chi connectivity index (χ1n) is 6.34. The average Bonchev–Trinajstić information content (AvgIpc) is 2.53. The van der Waals surface area contributed by atoms with E-state index < -0.39 is 5.63 Å². The van der Waals surface area contributed by atoms with E-state index >= 15 is 0 Å². The molecule has 4 nitrogen and oxygen atoms in total. The van der Waals surface area contributed by atoms with Gasteiger partial charge in [0.1, 0.15) is 0 Å². The number of hydrogen-bond acceptors (Lipinski definition) is 4. The summed E-state index contributed by atoms with van der Waals surface area (Å²) in [6, 6.07) is 16.2. The Kier molecular flexibility index (Phi) is 3.32. The predicted octanol–water partition coefficient (Wildman–Crippen LogP) is 3.23. The summed E-state index contributed by atoms with van der Waals surface area (Å²) >= 11 is 0. The van der Waals surface area contributed by atoms with Crippen LogP contribution in [0, 0.1) is 11.3 Å². The van der Waals surface area contributed by atoms with Crippen molar-refractivity contribution in [1.29, 1.82) is 5.26 Å². The highest BCUT2D eigenvalue weighted by Crippen LogP contribution is 2.11. The standard InChI is InChI=1S/C17H10N2O2/c18-11-13-7-5-12(6-8-13)9-10-16-19-15-4-2-1-3-14(15)17(20)21-16/h1-10H. The summed E-state index contributed by atoms with van der Waals surface area (Å²) in [5, 5.41) is 9.21. The highest BCUT2D eigenvalue weighted by molar-refractivity contribution is 5.78. The van der Waals surface area contributed by atoms with Gasteiger partial charge in [-0.05, 0) is 35.9 Å². The molecule has 0 spiro atoms. The topological polar surface area (TPSA) is 66.9 Å². The molecule has 4 heteroatoms. The van der Waals surface area contributed by atoms with Crippen LogP contribution < -0.4 is 5.63 Å². The second kappa shape index (κ2) is 5.43. The summed E-state index contributed by atoms with van der Waals surface area (Å²) in [7, 11) is 0. The van der Waals surface area contributed by atoms with Gasteiger partial charge in [0.15, 0.2) is 0 Å². The highest BCUT2D eigenvalue weighted by Gasteiger charge is 2.02. The van der Waals surface area contributed by atoms with Crippen LogP contribution >= 0.6 is 0 Å². The van der Waals surface area contributed by atoms with Gasteiger partial charge in [0.25, 0.3) is 0 Å². The van der Waals surface area contributed by atoms with Gasteiger partial charge in [-0.3, -0.25) is 0 Å². The minimum absolute atomic E-state index is 0.253. The Morgan fingerprint density at radius 3 is 2.57 bits per heavy atom. The number of nitrogens with zero attached hydrogens (tertiary/aromatic N) is 2. The zero-order chi connectivity index (χ0) is 14.7. The first-order chi connectivity index (χ1) is 10.3. The van der Waals surface area contributed by atoms with E-state index in [-0.39, 0.29) is 5.89 Å². The van der Waals surface area contributed by atoms with Gasteiger partial charge in [0, 0.05) is 6.08 Å². The molecule has 1 heterocycles. The third-order valence-electron chi connectivity index (χ3n) is 3.01. The van der Waals surface area contributed by atoms with Crippen molar-refractivity contribution in [2.75, 3.05) is 0 Å². The number of aromatic nitrogens is 1. The molecule has 0 saturated carbocycles. The minimum atomic E-state index is -0.403. The Balaban J connectivity index is 1.95. The number of benzene rings is 2. The third-order valence-corrected chi connectivity index (χ3v) is 3.01. The molecule has 3 rings (SSSR count). The fraction of sp³-hybridized carbons (Fsp3) is 0. The maximum atomic E-state index is 11.8. The van der Waals surface area contributed by atoms with E-state index in [1.807, 2.05) is 18.2 Å². The molecule has 1 aromatic heterocycles. The first-order valence-corrected chi connectivity index (χ1v) is 6.34. The number of hydrogen-bond donors (Lipinski definition) is 0. The van der Waals surface area contributed by atoms with Crippen molar-refractivity contribution in [2.24, 2.45) is 0 Å². The molecule has 0 bridgehead atoms. The summed E-state index contributed by atoms with van der Waals surface area (Å²) in [4.78, 5) is 16.1. The van der Waals surface area contributed by atoms with Crippen LogP contribution in [0.3, 0.4) is 0 Å². The Labute approximate surface area is 120 Å². The summed E-state index contributed by atoms with van der Waals surface area (Å²) in [6.07, 6.45) is 3.41. The molecule has 0 unspecified atom stereocenters. The molecule has 2 aromatic carbocycles. The summed E-state index contributed by atoms with van der Waals surface area (Å²) in [5.74, 6) is 0.253. The maximum absolute atomic E-state index is 11.8. The lowest BCUT2D eigenvalue weighted by molar-refractivity contribution is 0.491. The molecule has 0 aliphatic heterocycles. The van der Waals surface area contributed by atoms with Gasteiger partial charge in [-0.1, -0.05) is 24.3 Å². The second-order valence-corrected chi connectivity index (χ2v) is 4.42. The highest BCUT2D eigenvalue weighted by atomic mass is 16.4. The van der Waals surface area contributed by atoms with Crippen LogP contribution in [0.5, 0.6) is 0 Å². The lowest BCUT2D eigenvalue weighted by Crippen LogP contribution is -2.02. The summed E-state index contributed by atoms with van der Waals surface area (Å²) in [5.41, 5.74) is 1.70. The third kappa shape index (κ3) is 2.72. The van der Waals surface area contributed by atoms with Crippen LogP contribution in [0.15, 0.2) is 57.7 Å². The summed E-state index contributed by atoms with van der Waals surface area (Å²) in [6.45, 7) is 0. The van der Waals surface area contributed by atoms with Crippen molar-refractivity contribution >= 4 is 23.1 Å². The SMILES string of the molecule is N#Cc1ccc(C=Cc2nc3ccccc3c(=O)o2)cc1. The van der Waals surface area contributed by atoms with Gasteiger partial charge in [0.2, 0.25) is 5.89 Å². The van der Waals surface area contributed by atoms with E-state index in [1.54, 1.807) is 42.5 Å². The van der Waals surface area contributed by atoms with Crippen LogP contribution in [0.4, 0.5) is 0 Å². The monoisotopic (exact) mass is 274 g/mol. The molecular weight excluding hydrogens is 264 g/mol. The normalized spacial score (nSPS) is 10.8. The van der Waals surface area contributed by atoms with Gasteiger partial charge >= 0.3 is 5.63 Å². The molecular formula is C17H10N2O2. The van der Waals surface area contributed by atoms with Crippen LogP contribution in [0.1, 0.15) is 17.0 Å². The van der Waals surface area contributed by atoms with E-state index in [4.69, 9.17) is 9.68 Å². The quantitative estimate of drug-likeness (QED) is 0.719. The van der Waals surface area contributed by atoms with Crippen molar-refractivity contribution < 1.29 is 4.42 Å². The Morgan fingerprint density at radius 1 is 1.05 bits per heavy atom.